The maximum absolute atomic E-state index is 12.2. The largest absolute Gasteiger partial charge is 0.492 e. The molecule has 0 radical (unpaired) electrons. The summed E-state index contributed by atoms with van der Waals surface area (Å²) in [6.07, 6.45) is 3.15. The van der Waals surface area contributed by atoms with Crippen molar-refractivity contribution in [3.8, 4) is 5.75 Å². The third-order valence-electron chi connectivity index (χ3n) is 2.31. The van der Waals surface area contributed by atoms with Gasteiger partial charge in [-0.2, -0.15) is 8.42 Å². The molecule has 1 heterocycles. The van der Waals surface area contributed by atoms with Gasteiger partial charge in [-0.15, -0.1) is 9.19 Å². The lowest BCUT2D eigenvalue weighted by Crippen LogP contribution is -2.13. The summed E-state index contributed by atoms with van der Waals surface area (Å²) in [6.45, 7) is 2.50. The van der Waals surface area contributed by atoms with Crippen LogP contribution in [-0.4, -0.2) is 29.2 Å². The molecule has 19 heavy (non-hydrogen) atoms. The fourth-order valence-electron chi connectivity index (χ4n) is 1.40. The van der Waals surface area contributed by atoms with E-state index in [0.29, 0.717) is 16.8 Å². The Morgan fingerprint density at radius 2 is 2.21 bits per heavy atom. The molecule has 0 amide bonds. The summed E-state index contributed by atoms with van der Waals surface area (Å²) in [4.78, 5) is 3.74. The highest BCUT2D eigenvalue weighted by molar-refractivity contribution is 9.10. The summed E-state index contributed by atoms with van der Waals surface area (Å²) in [5.41, 5.74) is 0. The molecule has 0 N–H and O–H groups in total. The van der Waals surface area contributed by atoms with E-state index >= 15 is 0 Å². The van der Waals surface area contributed by atoms with Gasteiger partial charge in [-0.05, 0) is 34.5 Å². The van der Waals surface area contributed by atoms with Crippen LogP contribution >= 0.6 is 15.9 Å². The molecule has 8 heteroatoms. The van der Waals surface area contributed by atoms with Crippen LogP contribution in [0.1, 0.15) is 13.3 Å². The molecule has 1 aromatic carbocycles. The van der Waals surface area contributed by atoms with Crippen molar-refractivity contribution < 1.29 is 13.2 Å². The van der Waals surface area contributed by atoms with Crippen LogP contribution in [0.15, 0.2) is 40.2 Å². The number of nitrogens with zero attached hydrogens (tertiary/aromatic N) is 3. The third-order valence-corrected chi connectivity index (χ3v) is 4.49. The summed E-state index contributed by atoms with van der Waals surface area (Å²) >= 11 is 3.32. The van der Waals surface area contributed by atoms with Crippen molar-refractivity contribution in [1.29, 1.82) is 0 Å². The first-order valence-electron chi connectivity index (χ1n) is 5.58. The highest BCUT2D eigenvalue weighted by Crippen LogP contribution is 2.28. The van der Waals surface area contributed by atoms with E-state index in [2.05, 4.69) is 26.0 Å². The van der Waals surface area contributed by atoms with E-state index in [9.17, 15) is 8.42 Å². The Kier molecular flexibility index (Phi) is 4.20. The summed E-state index contributed by atoms with van der Waals surface area (Å²) < 4.78 is 31.5. The first-order valence-corrected chi connectivity index (χ1v) is 7.81. The molecule has 6 nitrogen and oxygen atoms in total. The van der Waals surface area contributed by atoms with Gasteiger partial charge in [0, 0.05) is 6.07 Å². The van der Waals surface area contributed by atoms with Crippen molar-refractivity contribution in [1.82, 2.24) is 14.2 Å². The fraction of sp³-hybridized carbons (Fsp3) is 0.273. The molecule has 102 valence electrons. The molecule has 2 aromatic rings. The highest BCUT2D eigenvalue weighted by Gasteiger charge is 2.19. The van der Waals surface area contributed by atoms with Crippen molar-refractivity contribution in [2.24, 2.45) is 0 Å². The van der Waals surface area contributed by atoms with Gasteiger partial charge in [0.15, 0.2) is 0 Å². The molecular formula is C11H12BrN3O3S. The Hall–Kier alpha value is -1.41. The minimum atomic E-state index is -3.72. The average molecular weight is 346 g/mol. The molecule has 0 bridgehead atoms. The Morgan fingerprint density at radius 1 is 1.42 bits per heavy atom. The molecule has 0 spiro atoms. The fourth-order valence-corrected chi connectivity index (χ4v) is 2.81. The van der Waals surface area contributed by atoms with Crippen LogP contribution in [0.2, 0.25) is 0 Å². The van der Waals surface area contributed by atoms with Crippen LogP contribution in [0.5, 0.6) is 5.75 Å². The lowest BCUT2D eigenvalue weighted by atomic mass is 10.3. The SMILES string of the molecule is CCCOc1cc(S(=O)(=O)n2cncn2)ccc1Br. The van der Waals surface area contributed by atoms with Crippen molar-refractivity contribution in [2.75, 3.05) is 6.61 Å². The highest BCUT2D eigenvalue weighted by atomic mass is 79.9. The standard InChI is InChI=1S/C11H12BrN3O3S/c1-2-5-18-11-6-9(3-4-10(11)12)19(16,17)15-8-13-7-14-15/h3-4,6-8H,2,5H2,1H3. The molecule has 0 fully saturated rings. The molecule has 0 aliphatic carbocycles. The lowest BCUT2D eigenvalue weighted by Gasteiger charge is -2.09. The summed E-state index contributed by atoms with van der Waals surface area (Å²) in [7, 11) is -3.72. The van der Waals surface area contributed by atoms with Gasteiger partial charge in [-0.1, -0.05) is 6.92 Å². The quantitative estimate of drug-likeness (QED) is 0.829. The number of hydrogen-bond donors (Lipinski definition) is 0. The number of aromatic nitrogens is 3. The van der Waals surface area contributed by atoms with E-state index in [1.165, 1.54) is 18.5 Å². The predicted octanol–water partition coefficient (Wildman–Crippen LogP) is 2.07. The Balaban J connectivity index is 2.41. The van der Waals surface area contributed by atoms with Gasteiger partial charge in [-0.25, -0.2) is 4.98 Å². The summed E-state index contributed by atoms with van der Waals surface area (Å²) in [5, 5.41) is 3.64. The summed E-state index contributed by atoms with van der Waals surface area (Å²) in [5.74, 6) is 0.489. The van der Waals surface area contributed by atoms with Crippen LogP contribution in [0.3, 0.4) is 0 Å². The Labute approximate surface area is 119 Å². The van der Waals surface area contributed by atoms with Crippen LogP contribution in [0, 0.1) is 0 Å². The van der Waals surface area contributed by atoms with Crippen molar-refractivity contribution in [2.45, 2.75) is 18.2 Å². The van der Waals surface area contributed by atoms with Crippen LogP contribution in [0.4, 0.5) is 0 Å². The normalized spacial score (nSPS) is 11.5. The second-order valence-corrected chi connectivity index (χ2v) is 6.36. The zero-order valence-electron chi connectivity index (χ0n) is 10.2. The molecule has 0 saturated heterocycles. The molecular weight excluding hydrogens is 334 g/mol. The molecule has 0 unspecified atom stereocenters. The van der Waals surface area contributed by atoms with Crippen molar-refractivity contribution in [3.05, 3.63) is 35.3 Å². The van der Waals surface area contributed by atoms with Gasteiger partial charge in [-0.3, -0.25) is 0 Å². The first kappa shape index (κ1) is 14.0. The maximum Gasteiger partial charge on any atom is 0.284 e. The van der Waals surface area contributed by atoms with E-state index in [0.717, 1.165) is 16.8 Å². The van der Waals surface area contributed by atoms with Crippen molar-refractivity contribution in [3.63, 3.8) is 0 Å². The predicted molar refractivity (Wildman–Crippen MR) is 72.5 cm³/mol. The minimum absolute atomic E-state index is 0.104. The van der Waals surface area contributed by atoms with Gasteiger partial charge in [0.25, 0.3) is 10.0 Å². The van der Waals surface area contributed by atoms with Crippen LogP contribution in [0.25, 0.3) is 0 Å². The first-order chi connectivity index (χ1) is 9.05. The van der Waals surface area contributed by atoms with E-state index in [4.69, 9.17) is 4.74 Å². The van der Waals surface area contributed by atoms with Gasteiger partial charge >= 0.3 is 0 Å². The molecule has 1 aromatic heterocycles. The zero-order chi connectivity index (χ0) is 13.9. The number of halogens is 1. The number of benzene rings is 1. The molecule has 2 rings (SSSR count). The second kappa shape index (κ2) is 5.70. The van der Waals surface area contributed by atoms with E-state index in [1.807, 2.05) is 6.92 Å². The number of rotatable bonds is 5. The monoisotopic (exact) mass is 345 g/mol. The van der Waals surface area contributed by atoms with Crippen LogP contribution < -0.4 is 4.74 Å². The Morgan fingerprint density at radius 3 is 2.84 bits per heavy atom. The van der Waals surface area contributed by atoms with E-state index in [1.54, 1.807) is 6.07 Å². The van der Waals surface area contributed by atoms with E-state index < -0.39 is 10.0 Å². The van der Waals surface area contributed by atoms with E-state index in [-0.39, 0.29) is 4.90 Å². The Bertz CT molecular complexity index is 656. The number of hydrogen-bond acceptors (Lipinski definition) is 5. The third kappa shape index (κ3) is 2.95. The topological polar surface area (TPSA) is 74.1 Å². The molecule has 0 aliphatic rings. The van der Waals surface area contributed by atoms with Gasteiger partial charge < -0.3 is 4.74 Å². The van der Waals surface area contributed by atoms with Crippen LogP contribution in [-0.2, 0) is 10.0 Å². The number of ether oxygens (including phenoxy) is 1. The maximum atomic E-state index is 12.2. The molecule has 0 atom stereocenters. The van der Waals surface area contributed by atoms with Gasteiger partial charge in [0.1, 0.15) is 18.4 Å². The van der Waals surface area contributed by atoms with Gasteiger partial charge in [0.2, 0.25) is 0 Å². The minimum Gasteiger partial charge on any atom is -0.492 e. The van der Waals surface area contributed by atoms with Gasteiger partial charge in [0.05, 0.1) is 16.0 Å². The smallest absolute Gasteiger partial charge is 0.284 e. The lowest BCUT2D eigenvalue weighted by molar-refractivity contribution is 0.314. The van der Waals surface area contributed by atoms with Crippen molar-refractivity contribution >= 4 is 26.0 Å². The average Bonchev–Trinajstić information content (AvgIpc) is 2.92. The summed E-state index contributed by atoms with van der Waals surface area (Å²) in [6, 6.07) is 4.59. The second-order valence-electron chi connectivity index (χ2n) is 3.71. The zero-order valence-corrected chi connectivity index (χ0v) is 12.6. The molecule has 0 saturated carbocycles. The molecule has 0 aliphatic heterocycles.